The van der Waals surface area contributed by atoms with Crippen LogP contribution in [0.3, 0.4) is 0 Å². The van der Waals surface area contributed by atoms with Crippen LogP contribution in [0.4, 0.5) is 51.2 Å². The van der Waals surface area contributed by atoms with Gasteiger partial charge in [-0.15, -0.1) is 0 Å². The molecule has 2 aromatic heterocycles. The molecule has 1 aliphatic carbocycles. The standard InChI is InChI=1S/C81H78BN3O2/c1-14-79(8,9)52-30-36-55(37-31-52)83(54-34-28-51(29-35-54)77(2,3)4)57-39-41-65-67(46-57)84(56-32-26-50(27-33-56)59-22-19-25-73-75(59)62-21-16-18-24-72(62)86-73)69-44-53(78(5,6)7)45-70-76(69)82(65)66-48-63-64(81(12,13)43-42-80(63,10)11)49-68(66)85(70)58-38-40-61-60-20-15-17-23-71(60)87-74(61)47-58/h15-41,44-49H,14,42-43H2,1-13H3. The molecule has 0 saturated heterocycles. The fourth-order valence-electron chi connectivity index (χ4n) is 14.7. The molecule has 0 radical (unpaired) electrons. The van der Waals surface area contributed by atoms with Crippen LogP contribution in [-0.2, 0) is 27.1 Å². The van der Waals surface area contributed by atoms with E-state index in [1.54, 1.807) is 0 Å². The molecule has 0 unspecified atom stereocenters. The summed E-state index contributed by atoms with van der Waals surface area (Å²) in [5, 5.41) is 4.52. The zero-order valence-corrected chi connectivity index (χ0v) is 52.9. The van der Waals surface area contributed by atoms with Crippen molar-refractivity contribution in [2.75, 3.05) is 14.7 Å². The first kappa shape index (κ1) is 54.9. The molecule has 4 heterocycles. The number of para-hydroxylation sites is 2. The minimum Gasteiger partial charge on any atom is -0.456 e. The predicted molar refractivity (Wildman–Crippen MR) is 371 cm³/mol. The molecule has 432 valence electrons. The molecule has 0 saturated carbocycles. The van der Waals surface area contributed by atoms with Crippen LogP contribution in [0.25, 0.3) is 55.0 Å². The van der Waals surface area contributed by atoms with Gasteiger partial charge in [0.25, 0.3) is 6.71 Å². The van der Waals surface area contributed by atoms with Crippen molar-refractivity contribution in [1.29, 1.82) is 0 Å². The Bertz CT molecular complexity index is 4730. The Labute approximate surface area is 514 Å². The number of furan rings is 2. The molecule has 12 aromatic rings. The maximum atomic E-state index is 6.77. The second kappa shape index (κ2) is 19.4. The van der Waals surface area contributed by atoms with E-state index in [0.29, 0.717) is 0 Å². The zero-order chi connectivity index (χ0) is 60.3. The highest BCUT2D eigenvalue weighted by atomic mass is 16.3. The van der Waals surface area contributed by atoms with Crippen molar-refractivity contribution in [3.8, 4) is 11.1 Å². The van der Waals surface area contributed by atoms with Gasteiger partial charge in [0, 0.05) is 78.8 Å². The van der Waals surface area contributed by atoms with E-state index < -0.39 is 0 Å². The number of fused-ring (bicyclic) bond motifs is 11. The summed E-state index contributed by atoms with van der Waals surface area (Å²) in [5.74, 6) is 0. The van der Waals surface area contributed by atoms with Gasteiger partial charge in [0.1, 0.15) is 22.3 Å². The van der Waals surface area contributed by atoms with Crippen LogP contribution in [-0.4, -0.2) is 6.71 Å². The fourth-order valence-corrected chi connectivity index (χ4v) is 14.7. The fraction of sp³-hybridized carbons (Fsp3) is 0.259. The van der Waals surface area contributed by atoms with Crippen LogP contribution in [0, 0.1) is 0 Å². The van der Waals surface area contributed by atoms with E-state index in [-0.39, 0.29) is 33.8 Å². The third-order valence-corrected chi connectivity index (χ3v) is 20.4. The Balaban J connectivity index is 1.01. The second-order valence-electron chi connectivity index (χ2n) is 29.3. The van der Waals surface area contributed by atoms with Gasteiger partial charge >= 0.3 is 0 Å². The molecule has 15 rings (SSSR count). The topological polar surface area (TPSA) is 36.0 Å². The Hall–Kier alpha value is -8.74. The van der Waals surface area contributed by atoms with Crippen LogP contribution in [0.5, 0.6) is 0 Å². The molecule has 3 aliphatic rings. The number of rotatable bonds is 8. The first-order chi connectivity index (χ1) is 41.6. The minimum atomic E-state index is -0.213. The van der Waals surface area contributed by atoms with E-state index in [2.05, 4.69) is 305 Å². The third kappa shape index (κ3) is 8.78. The van der Waals surface area contributed by atoms with Crippen molar-refractivity contribution in [2.24, 2.45) is 0 Å². The lowest BCUT2D eigenvalue weighted by Crippen LogP contribution is -2.62. The van der Waals surface area contributed by atoms with E-state index in [9.17, 15) is 0 Å². The average molecular weight is 1140 g/mol. The quantitative estimate of drug-likeness (QED) is 0.142. The van der Waals surface area contributed by atoms with Gasteiger partial charge in [0.05, 0.1) is 0 Å². The van der Waals surface area contributed by atoms with E-state index in [1.165, 1.54) is 61.3 Å². The molecule has 0 fully saturated rings. The molecule has 0 amide bonds. The maximum Gasteiger partial charge on any atom is 0.252 e. The average Bonchev–Trinajstić information content (AvgIpc) is 1.25. The van der Waals surface area contributed by atoms with Gasteiger partial charge < -0.3 is 23.5 Å². The normalized spacial score (nSPS) is 15.3. The number of nitrogens with zero attached hydrogens (tertiary/aromatic N) is 3. The van der Waals surface area contributed by atoms with Crippen LogP contribution in [0.1, 0.15) is 137 Å². The molecule has 10 aromatic carbocycles. The summed E-state index contributed by atoms with van der Waals surface area (Å²) in [6, 6.07) is 75.9. The largest absolute Gasteiger partial charge is 0.456 e. The SMILES string of the molecule is CCC(C)(C)c1ccc(N(c2ccc(C(C)(C)C)cc2)c2ccc3c(c2)N(c2ccc(-c4cccc5oc6ccccc6c45)cc2)c2cc(C(C)(C)C)cc4c2B3c2cc3c(cc2N4c2ccc4c(c2)oc2ccccc24)C(C)(C)CCC3(C)C)cc1. The molecular formula is C81H78BN3O2. The van der Waals surface area contributed by atoms with Gasteiger partial charge in [-0.25, -0.2) is 0 Å². The highest BCUT2D eigenvalue weighted by Gasteiger charge is 2.47. The highest BCUT2D eigenvalue weighted by Crippen LogP contribution is 2.53. The van der Waals surface area contributed by atoms with Crippen molar-refractivity contribution in [3.05, 3.63) is 228 Å². The molecule has 0 N–H and O–H groups in total. The zero-order valence-electron chi connectivity index (χ0n) is 52.9. The summed E-state index contributed by atoms with van der Waals surface area (Å²) in [7, 11) is 0. The summed E-state index contributed by atoms with van der Waals surface area (Å²) in [6.07, 6.45) is 3.30. The number of anilines is 9. The minimum absolute atomic E-state index is 0.00580. The Morgan fingerprint density at radius 2 is 0.966 bits per heavy atom. The smallest absolute Gasteiger partial charge is 0.252 e. The van der Waals surface area contributed by atoms with Crippen LogP contribution in [0.15, 0.2) is 209 Å². The number of hydrogen-bond acceptors (Lipinski definition) is 5. The lowest BCUT2D eigenvalue weighted by Gasteiger charge is -2.48. The van der Waals surface area contributed by atoms with Crippen molar-refractivity contribution in [2.45, 2.75) is 136 Å². The maximum absolute atomic E-state index is 6.77. The molecule has 0 atom stereocenters. The van der Waals surface area contributed by atoms with Crippen molar-refractivity contribution >= 4 is 118 Å². The van der Waals surface area contributed by atoms with E-state index >= 15 is 0 Å². The van der Waals surface area contributed by atoms with E-state index in [0.717, 1.165) is 108 Å². The molecule has 87 heavy (non-hydrogen) atoms. The molecule has 5 nitrogen and oxygen atoms in total. The van der Waals surface area contributed by atoms with Crippen LogP contribution < -0.4 is 31.1 Å². The van der Waals surface area contributed by atoms with Gasteiger partial charge in [-0.1, -0.05) is 187 Å². The summed E-state index contributed by atoms with van der Waals surface area (Å²) >= 11 is 0. The lowest BCUT2D eigenvalue weighted by atomic mass is 9.33. The van der Waals surface area contributed by atoms with Crippen molar-refractivity contribution in [3.63, 3.8) is 0 Å². The molecule has 2 aliphatic heterocycles. The Kier molecular flexibility index (Phi) is 12.2. The van der Waals surface area contributed by atoms with Gasteiger partial charge in [-0.3, -0.25) is 0 Å². The summed E-state index contributed by atoms with van der Waals surface area (Å²) in [4.78, 5) is 7.68. The van der Waals surface area contributed by atoms with Gasteiger partial charge in [0.15, 0.2) is 0 Å². The van der Waals surface area contributed by atoms with Crippen LogP contribution >= 0.6 is 0 Å². The highest BCUT2D eigenvalue weighted by molar-refractivity contribution is 7.00. The first-order valence-corrected chi connectivity index (χ1v) is 31.6. The third-order valence-electron chi connectivity index (χ3n) is 20.4. The predicted octanol–water partition coefficient (Wildman–Crippen LogP) is 21.3. The van der Waals surface area contributed by atoms with Crippen LogP contribution in [0.2, 0.25) is 0 Å². The first-order valence-electron chi connectivity index (χ1n) is 31.6. The number of hydrogen-bond donors (Lipinski definition) is 0. The summed E-state index contributed by atoms with van der Waals surface area (Å²) in [5.41, 5.74) is 26.7. The molecule has 6 heteroatoms. The lowest BCUT2D eigenvalue weighted by molar-refractivity contribution is 0.332. The van der Waals surface area contributed by atoms with Gasteiger partial charge in [-0.2, -0.15) is 0 Å². The molecule has 0 spiro atoms. The summed E-state index contributed by atoms with van der Waals surface area (Å²) < 4.78 is 13.2. The molecule has 0 bridgehead atoms. The Morgan fingerprint density at radius 1 is 0.437 bits per heavy atom. The second-order valence-corrected chi connectivity index (χ2v) is 29.3. The monoisotopic (exact) mass is 1140 g/mol. The summed E-state index contributed by atoms with van der Waals surface area (Å²) in [6.45, 7) is 30.8. The van der Waals surface area contributed by atoms with E-state index in [4.69, 9.17) is 8.83 Å². The molecular weight excluding hydrogens is 1060 g/mol. The number of benzene rings is 10. The Morgan fingerprint density at radius 3 is 1.61 bits per heavy atom. The van der Waals surface area contributed by atoms with Gasteiger partial charge in [0.2, 0.25) is 0 Å². The van der Waals surface area contributed by atoms with Gasteiger partial charge in [-0.05, 0) is 199 Å². The van der Waals surface area contributed by atoms with E-state index in [1.807, 2.05) is 0 Å². The van der Waals surface area contributed by atoms with Crippen molar-refractivity contribution in [1.82, 2.24) is 0 Å². The van der Waals surface area contributed by atoms with Crippen molar-refractivity contribution < 1.29 is 8.83 Å².